The topological polar surface area (TPSA) is 117 Å². The summed E-state index contributed by atoms with van der Waals surface area (Å²) in [7, 11) is 0. The number of nitrogens with one attached hydrogen (secondary N) is 2. The molecule has 0 atom stereocenters. The Bertz CT molecular complexity index is 443. The number of hydrogen-bond acceptors (Lipinski definition) is 6. The minimum absolute atomic E-state index is 0.0972. The fraction of sp³-hybridized carbons (Fsp3) is 0.167. The lowest BCUT2D eigenvalue weighted by Crippen LogP contribution is -2.26. The van der Waals surface area contributed by atoms with E-state index >= 15 is 0 Å². The zero-order chi connectivity index (χ0) is 10.6. The molecule has 1 aromatic rings. The van der Waals surface area contributed by atoms with Crippen LogP contribution in [0.2, 0.25) is 0 Å². The highest BCUT2D eigenvalue weighted by Crippen LogP contribution is 1.78. The van der Waals surface area contributed by atoms with Crippen molar-refractivity contribution in [3.63, 3.8) is 0 Å². The molecule has 0 saturated carbocycles. The van der Waals surface area contributed by atoms with E-state index in [4.69, 9.17) is 0 Å². The molecule has 1 heterocycles. The van der Waals surface area contributed by atoms with E-state index in [1.54, 1.807) is 0 Å². The third-order valence-electron chi connectivity index (χ3n) is 1.04. The predicted octanol–water partition coefficient (Wildman–Crippen LogP) is -1.64. The second kappa shape index (κ2) is 4.12. The summed E-state index contributed by atoms with van der Waals surface area (Å²) in [6, 6.07) is 0. The van der Waals surface area contributed by atoms with E-state index in [2.05, 4.69) is 20.0 Å². The monoisotopic (exact) mass is 198 g/mol. The maximum atomic E-state index is 10.7. The first-order valence-electron chi connectivity index (χ1n) is 3.49. The largest absolute Gasteiger partial charge is 0.351 e. The Morgan fingerprint density at radius 3 is 2.79 bits per heavy atom. The smallest absolute Gasteiger partial charge is 0.318 e. The molecule has 0 spiro atoms. The lowest BCUT2D eigenvalue weighted by Gasteiger charge is -1.89. The van der Waals surface area contributed by atoms with E-state index in [0.717, 1.165) is 13.1 Å². The number of carbonyl (C=O) groups excluding carboxylic acids is 1. The van der Waals surface area contributed by atoms with Crippen LogP contribution in [0.25, 0.3) is 0 Å². The average molecular weight is 198 g/mol. The van der Waals surface area contributed by atoms with Crippen molar-refractivity contribution in [2.75, 3.05) is 0 Å². The summed E-state index contributed by atoms with van der Waals surface area (Å²) in [5.41, 5.74) is -1.52. The van der Waals surface area contributed by atoms with Gasteiger partial charge < -0.3 is 4.84 Å². The van der Waals surface area contributed by atoms with Crippen molar-refractivity contribution in [2.24, 2.45) is 5.16 Å². The molecule has 2 N–H and O–H groups in total. The van der Waals surface area contributed by atoms with Gasteiger partial charge in [0.15, 0.2) is 5.82 Å². The molecule has 0 aliphatic heterocycles. The molecular formula is C6H6N4O4. The minimum Gasteiger partial charge on any atom is -0.318 e. The van der Waals surface area contributed by atoms with Crippen LogP contribution in [-0.2, 0) is 9.63 Å². The van der Waals surface area contributed by atoms with Gasteiger partial charge in [0.25, 0.3) is 0 Å². The van der Waals surface area contributed by atoms with Gasteiger partial charge in [0.1, 0.15) is 6.21 Å². The van der Waals surface area contributed by atoms with Gasteiger partial charge in [-0.05, 0) is 0 Å². The number of carbonyl (C=O) groups is 1. The van der Waals surface area contributed by atoms with Gasteiger partial charge >= 0.3 is 17.3 Å². The fourth-order valence-corrected chi connectivity index (χ4v) is 0.622. The van der Waals surface area contributed by atoms with Crippen molar-refractivity contribution in [3.8, 4) is 0 Å². The summed E-state index contributed by atoms with van der Waals surface area (Å²) in [6.45, 7) is 1.16. The van der Waals surface area contributed by atoms with Crippen molar-refractivity contribution in [1.82, 2.24) is 15.0 Å². The van der Waals surface area contributed by atoms with Crippen molar-refractivity contribution in [1.29, 1.82) is 0 Å². The van der Waals surface area contributed by atoms with Crippen LogP contribution in [0.5, 0.6) is 0 Å². The molecule has 0 radical (unpaired) electrons. The number of aromatic nitrogens is 3. The molecule has 74 valence electrons. The van der Waals surface area contributed by atoms with Crippen LogP contribution >= 0.6 is 0 Å². The summed E-state index contributed by atoms with van der Waals surface area (Å²) in [4.78, 5) is 43.1. The number of rotatable bonds is 2. The molecule has 0 bridgehead atoms. The average Bonchev–Trinajstić information content (AvgIpc) is 2.01. The molecule has 8 heteroatoms. The van der Waals surface area contributed by atoms with Gasteiger partial charge in [-0.3, -0.25) is 9.97 Å². The van der Waals surface area contributed by atoms with E-state index in [0.29, 0.717) is 0 Å². The standard InChI is InChI=1S/C6H6N4O4/c1-3(11)14-7-2-4-8-5(12)10-6(13)9-4/h2H,1H3,(H2,8,9,10,12,13)/b7-2+. The fourth-order valence-electron chi connectivity index (χ4n) is 0.622. The van der Waals surface area contributed by atoms with Crippen LogP contribution in [0.3, 0.4) is 0 Å². The number of H-pyrrole nitrogens is 2. The summed E-state index contributed by atoms with van der Waals surface area (Å²) in [5.74, 6) is -0.714. The van der Waals surface area contributed by atoms with Crippen LogP contribution < -0.4 is 11.4 Å². The first-order valence-corrected chi connectivity index (χ1v) is 3.49. The highest BCUT2D eigenvalue weighted by molar-refractivity contribution is 5.74. The van der Waals surface area contributed by atoms with Crippen LogP contribution in [0.1, 0.15) is 12.7 Å². The number of nitrogens with zero attached hydrogens (tertiary/aromatic N) is 2. The predicted molar refractivity (Wildman–Crippen MR) is 44.8 cm³/mol. The molecule has 0 amide bonds. The quantitative estimate of drug-likeness (QED) is 0.335. The SMILES string of the molecule is CC(=O)O/N=C/c1nc(=O)[nH]c(=O)[nH]1. The second-order valence-electron chi connectivity index (χ2n) is 2.20. The van der Waals surface area contributed by atoms with Gasteiger partial charge in [0, 0.05) is 6.92 Å². The molecule has 0 aliphatic carbocycles. The molecule has 1 aromatic heterocycles. The maximum Gasteiger partial charge on any atom is 0.351 e. The molecule has 0 saturated heterocycles. The first-order chi connectivity index (χ1) is 6.58. The molecule has 0 aromatic carbocycles. The summed E-state index contributed by atoms with van der Waals surface area (Å²) in [6.07, 6.45) is 0.942. The lowest BCUT2D eigenvalue weighted by atomic mass is 10.7. The van der Waals surface area contributed by atoms with Crippen LogP contribution in [0.15, 0.2) is 14.7 Å². The normalized spacial score (nSPS) is 10.4. The van der Waals surface area contributed by atoms with Gasteiger partial charge in [-0.15, -0.1) is 0 Å². The number of oxime groups is 1. The summed E-state index contributed by atoms with van der Waals surface area (Å²) >= 11 is 0. The first kappa shape index (κ1) is 9.84. The zero-order valence-corrected chi connectivity index (χ0v) is 7.10. The Morgan fingerprint density at radius 1 is 1.50 bits per heavy atom. The molecule has 8 nitrogen and oxygen atoms in total. The van der Waals surface area contributed by atoms with E-state index < -0.39 is 17.3 Å². The zero-order valence-electron chi connectivity index (χ0n) is 7.10. The van der Waals surface area contributed by atoms with Crippen LogP contribution in [0, 0.1) is 0 Å². The Balaban J connectivity index is 2.87. The summed E-state index contributed by atoms with van der Waals surface area (Å²) in [5, 5.41) is 3.16. The molecule has 0 unspecified atom stereocenters. The van der Waals surface area contributed by atoms with Crippen molar-refractivity contribution >= 4 is 12.2 Å². The highest BCUT2D eigenvalue weighted by Gasteiger charge is 1.94. The molecule has 14 heavy (non-hydrogen) atoms. The van der Waals surface area contributed by atoms with Crippen molar-refractivity contribution in [3.05, 3.63) is 26.8 Å². The number of hydrogen-bond donors (Lipinski definition) is 2. The molecular weight excluding hydrogens is 192 g/mol. The Hall–Kier alpha value is -2.25. The second-order valence-corrected chi connectivity index (χ2v) is 2.20. The van der Waals surface area contributed by atoms with Gasteiger partial charge in [0.05, 0.1) is 0 Å². The third-order valence-corrected chi connectivity index (χ3v) is 1.04. The maximum absolute atomic E-state index is 10.7. The van der Waals surface area contributed by atoms with Crippen LogP contribution in [-0.4, -0.2) is 27.1 Å². The Morgan fingerprint density at radius 2 is 2.21 bits per heavy atom. The summed E-state index contributed by atoms with van der Waals surface area (Å²) < 4.78 is 0. The van der Waals surface area contributed by atoms with Crippen molar-refractivity contribution in [2.45, 2.75) is 6.92 Å². The Labute approximate surface area is 76.6 Å². The third kappa shape index (κ3) is 3.01. The molecule has 1 rings (SSSR count). The molecule has 0 aliphatic rings. The Kier molecular flexibility index (Phi) is 2.89. The minimum atomic E-state index is -0.807. The van der Waals surface area contributed by atoms with E-state index in [1.165, 1.54) is 0 Å². The number of aromatic amines is 2. The van der Waals surface area contributed by atoms with Crippen LogP contribution in [0.4, 0.5) is 0 Å². The van der Waals surface area contributed by atoms with Crippen molar-refractivity contribution < 1.29 is 9.63 Å². The van der Waals surface area contributed by atoms with E-state index in [9.17, 15) is 14.4 Å². The highest BCUT2D eigenvalue weighted by atomic mass is 16.7. The lowest BCUT2D eigenvalue weighted by molar-refractivity contribution is -0.140. The van der Waals surface area contributed by atoms with E-state index in [1.807, 2.05) is 4.98 Å². The van der Waals surface area contributed by atoms with Gasteiger partial charge in [0.2, 0.25) is 0 Å². The van der Waals surface area contributed by atoms with Gasteiger partial charge in [-0.1, -0.05) is 5.16 Å². The van der Waals surface area contributed by atoms with Gasteiger partial charge in [-0.2, -0.15) is 4.98 Å². The molecule has 0 fully saturated rings. The van der Waals surface area contributed by atoms with E-state index in [-0.39, 0.29) is 5.82 Å². The van der Waals surface area contributed by atoms with Gasteiger partial charge in [-0.25, -0.2) is 14.4 Å².